The Balaban J connectivity index is 1.92. The number of rotatable bonds is 3. The van der Waals surface area contributed by atoms with Crippen LogP contribution in [0.15, 0.2) is 78.9 Å². The van der Waals surface area contributed by atoms with Crippen LogP contribution in [-0.4, -0.2) is 9.78 Å². The normalized spacial score (nSPS) is 12.7. The van der Waals surface area contributed by atoms with Gasteiger partial charge in [-0.1, -0.05) is 111 Å². The molecular weight excluding hydrogens is 424 g/mol. The monoisotopic (exact) mass is 464 g/mol. The molecular formula is C33H40N2. The van der Waals surface area contributed by atoms with Crippen molar-refractivity contribution < 1.29 is 0 Å². The first kappa shape index (κ1) is 25.0. The summed E-state index contributed by atoms with van der Waals surface area (Å²) < 4.78 is 2.09. The second-order valence-corrected chi connectivity index (χ2v) is 12.8. The predicted molar refractivity (Wildman–Crippen MR) is 151 cm³/mol. The van der Waals surface area contributed by atoms with E-state index < -0.39 is 0 Å². The summed E-state index contributed by atoms with van der Waals surface area (Å²) in [6.45, 7) is 20.4. The molecule has 0 saturated carbocycles. The lowest BCUT2D eigenvalue weighted by Crippen LogP contribution is -2.16. The van der Waals surface area contributed by atoms with Crippen molar-refractivity contribution in [3.8, 4) is 28.2 Å². The molecule has 1 aromatic heterocycles. The van der Waals surface area contributed by atoms with Crippen molar-refractivity contribution >= 4 is 0 Å². The number of aromatic nitrogens is 2. The van der Waals surface area contributed by atoms with Crippen LogP contribution in [0.3, 0.4) is 0 Å². The number of nitrogens with zero attached hydrogens (tertiary/aromatic N) is 2. The molecule has 0 saturated heterocycles. The fourth-order valence-corrected chi connectivity index (χ4v) is 4.28. The van der Waals surface area contributed by atoms with Gasteiger partial charge in [0.05, 0.1) is 17.1 Å². The first-order chi connectivity index (χ1) is 16.2. The summed E-state index contributed by atoms with van der Waals surface area (Å²) in [4.78, 5) is 0. The van der Waals surface area contributed by atoms with E-state index in [0.29, 0.717) is 0 Å². The fourth-order valence-electron chi connectivity index (χ4n) is 4.28. The van der Waals surface area contributed by atoms with Gasteiger partial charge in [-0.05, 0) is 63.3 Å². The molecule has 0 amide bonds. The zero-order valence-electron chi connectivity index (χ0n) is 22.9. The zero-order chi connectivity index (χ0) is 25.6. The van der Waals surface area contributed by atoms with E-state index in [0.717, 1.165) is 22.6 Å². The summed E-state index contributed by atoms with van der Waals surface area (Å²) in [5.74, 6) is 0. The molecule has 0 spiro atoms. The van der Waals surface area contributed by atoms with Gasteiger partial charge in [0, 0.05) is 11.1 Å². The lowest BCUT2D eigenvalue weighted by Gasteiger charge is -2.26. The van der Waals surface area contributed by atoms with Crippen molar-refractivity contribution in [1.82, 2.24) is 9.78 Å². The zero-order valence-corrected chi connectivity index (χ0v) is 22.9. The minimum absolute atomic E-state index is 0.0591. The Morgan fingerprint density at radius 1 is 0.514 bits per heavy atom. The van der Waals surface area contributed by atoms with E-state index in [4.69, 9.17) is 5.10 Å². The number of hydrogen-bond donors (Lipinski definition) is 0. The van der Waals surface area contributed by atoms with Crippen LogP contribution in [0.25, 0.3) is 28.2 Å². The van der Waals surface area contributed by atoms with Crippen LogP contribution in [0, 0.1) is 0 Å². The first-order valence-electron chi connectivity index (χ1n) is 12.7. The quantitative estimate of drug-likeness (QED) is 0.295. The molecule has 0 bridgehead atoms. The van der Waals surface area contributed by atoms with E-state index in [2.05, 4.69) is 146 Å². The van der Waals surface area contributed by atoms with Crippen LogP contribution in [0.2, 0.25) is 0 Å². The molecule has 0 aliphatic rings. The van der Waals surface area contributed by atoms with Crippen molar-refractivity contribution in [3.63, 3.8) is 0 Å². The molecule has 1 heterocycles. The van der Waals surface area contributed by atoms with Crippen LogP contribution in [0.4, 0.5) is 0 Å². The molecule has 0 fully saturated rings. The highest BCUT2D eigenvalue weighted by Crippen LogP contribution is 2.36. The number of benzene rings is 3. The maximum absolute atomic E-state index is 5.18. The lowest BCUT2D eigenvalue weighted by atomic mass is 9.79. The lowest BCUT2D eigenvalue weighted by molar-refractivity contribution is 0.569. The second kappa shape index (κ2) is 8.82. The van der Waals surface area contributed by atoms with Crippen molar-refractivity contribution in [1.29, 1.82) is 0 Å². The third kappa shape index (κ3) is 5.42. The molecule has 0 aliphatic carbocycles. The van der Waals surface area contributed by atoms with Gasteiger partial charge >= 0.3 is 0 Å². The van der Waals surface area contributed by atoms with Crippen molar-refractivity contribution in [2.75, 3.05) is 0 Å². The molecule has 0 atom stereocenters. The molecule has 0 unspecified atom stereocenters. The predicted octanol–water partition coefficient (Wildman–Crippen LogP) is 9.10. The van der Waals surface area contributed by atoms with E-state index in [-0.39, 0.29) is 16.2 Å². The average Bonchev–Trinajstić information content (AvgIpc) is 3.23. The molecule has 4 aromatic rings. The van der Waals surface area contributed by atoms with Crippen LogP contribution in [-0.2, 0) is 16.2 Å². The summed E-state index contributed by atoms with van der Waals surface area (Å²) in [7, 11) is 0. The largest absolute Gasteiger partial charge is 0.232 e. The van der Waals surface area contributed by atoms with Gasteiger partial charge in [0.2, 0.25) is 0 Å². The summed E-state index contributed by atoms with van der Waals surface area (Å²) in [6, 6.07) is 28.6. The van der Waals surface area contributed by atoms with Crippen molar-refractivity contribution in [2.45, 2.75) is 78.6 Å². The van der Waals surface area contributed by atoms with Gasteiger partial charge < -0.3 is 0 Å². The highest BCUT2D eigenvalue weighted by Gasteiger charge is 2.23. The van der Waals surface area contributed by atoms with Gasteiger partial charge in [-0.25, -0.2) is 4.68 Å². The van der Waals surface area contributed by atoms with Gasteiger partial charge in [-0.15, -0.1) is 0 Å². The van der Waals surface area contributed by atoms with Gasteiger partial charge in [-0.2, -0.15) is 5.10 Å². The Bertz CT molecular complexity index is 1270. The fraction of sp³-hybridized carbons (Fsp3) is 0.364. The molecule has 3 aromatic carbocycles. The van der Waals surface area contributed by atoms with Gasteiger partial charge in [0.15, 0.2) is 0 Å². The Morgan fingerprint density at radius 3 is 1.51 bits per heavy atom. The Labute approximate surface area is 212 Å². The van der Waals surface area contributed by atoms with Crippen LogP contribution in [0.5, 0.6) is 0 Å². The molecule has 182 valence electrons. The highest BCUT2D eigenvalue weighted by molar-refractivity contribution is 5.71. The van der Waals surface area contributed by atoms with E-state index in [1.165, 1.54) is 22.3 Å². The molecule has 0 N–H and O–H groups in total. The summed E-state index contributed by atoms with van der Waals surface area (Å²) >= 11 is 0. The Morgan fingerprint density at radius 2 is 1.03 bits per heavy atom. The van der Waals surface area contributed by atoms with E-state index in [1.807, 2.05) is 0 Å². The van der Waals surface area contributed by atoms with Crippen molar-refractivity contribution in [3.05, 3.63) is 95.6 Å². The smallest absolute Gasteiger partial charge is 0.0934 e. The highest BCUT2D eigenvalue weighted by atomic mass is 15.3. The van der Waals surface area contributed by atoms with Gasteiger partial charge in [0.1, 0.15) is 0 Å². The molecule has 2 heteroatoms. The molecule has 35 heavy (non-hydrogen) atoms. The SMILES string of the molecule is CC(C)(C)c1ccc(-n2nc(-c3cc(C(C)(C)C)cc(C(C)(C)C)c3)cc2-c2ccccc2)cc1. The summed E-state index contributed by atoms with van der Waals surface area (Å²) in [5.41, 5.74) is 9.74. The van der Waals surface area contributed by atoms with Crippen LogP contribution in [0.1, 0.15) is 79.0 Å². The van der Waals surface area contributed by atoms with Gasteiger partial charge in [-0.3, -0.25) is 0 Å². The Hall–Kier alpha value is -3.13. The number of hydrogen-bond acceptors (Lipinski definition) is 1. The minimum Gasteiger partial charge on any atom is -0.232 e. The van der Waals surface area contributed by atoms with E-state index in [9.17, 15) is 0 Å². The van der Waals surface area contributed by atoms with Crippen molar-refractivity contribution in [2.24, 2.45) is 0 Å². The maximum Gasteiger partial charge on any atom is 0.0934 e. The minimum atomic E-state index is 0.0591. The Kier molecular flexibility index (Phi) is 6.30. The van der Waals surface area contributed by atoms with Gasteiger partial charge in [0.25, 0.3) is 0 Å². The standard InChI is InChI=1S/C33H40N2/c1-31(2,3)25-15-17-28(18-16-25)35-30(23-13-11-10-12-14-23)22-29(34-35)24-19-26(32(4,5)6)21-27(20-24)33(7,8)9/h10-22H,1-9H3. The third-order valence-electron chi connectivity index (χ3n) is 6.72. The molecule has 0 aliphatic heterocycles. The second-order valence-electron chi connectivity index (χ2n) is 12.8. The third-order valence-corrected chi connectivity index (χ3v) is 6.72. The molecule has 0 radical (unpaired) electrons. The van der Waals surface area contributed by atoms with Crippen LogP contribution < -0.4 is 0 Å². The van der Waals surface area contributed by atoms with E-state index in [1.54, 1.807) is 0 Å². The summed E-state index contributed by atoms with van der Waals surface area (Å²) in [6.07, 6.45) is 0. The topological polar surface area (TPSA) is 17.8 Å². The maximum atomic E-state index is 5.18. The first-order valence-corrected chi connectivity index (χ1v) is 12.7. The van der Waals surface area contributed by atoms with E-state index >= 15 is 0 Å². The molecule has 4 rings (SSSR count). The van der Waals surface area contributed by atoms with Crippen LogP contribution >= 0.6 is 0 Å². The summed E-state index contributed by atoms with van der Waals surface area (Å²) in [5, 5.41) is 5.18. The average molecular weight is 465 g/mol. The molecule has 2 nitrogen and oxygen atoms in total.